The van der Waals surface area contributed by atoms with E-state index in [0.29, 0.717) is 23.6 Å². The second kappa shape index (κ2) is 6.32. The van der Waals surface area contributed by atoms with Crippen molar-refractivity contribution in [1.82, 2.24) is 5.43 Å². The van der Waals surface area contributed by atoms with Crippen LogP contribution in [-0.2, 0) is 6.54 Å². The number of nitrogens with zero attached hydrogens (tertiary/aromatic N) is 1. The summed E-state index contributed by atoms with van der Waals surface area (Å²) in [5.41, 5.74) is 3.49. The molecule has 0 unspecified atom stereocenters. The van der Waals surface area contributed by atoms with Gasteiger partial charge in [0.15, 0.2) is 0 Å². The van der Waals surface area contributed by atoms with Gasteiger partial charge in [0, 0.05) is 7.05 Å². The molecule has 0 spiro atoms. The van der Waals surface area contributed by atoms with E-state index in [-0.39, 0.29) is 5.91 Å². The lowest BCUT2D eigenvalue weighted by Gasteiger charge is -2.20. The molecule has 1 aromatic carbocycles. The zero-order valence-electron chi connectivity index (χ0n) is 12.3. The molecule has 6 nitrogen and oxygen atoms in total. The Morgan fingerprint density at radius 1 is 1.43 bits per heavy atom. The highest BCUT2D eigenvalue weighted by Crippen LogP contribution is 2.28. The molecule has 112 valence electrons. The molecular formula is C15H19N3O3. The Bertz CT molecular complexity index is 637. The quantitative estimate of drug-likeness (QED) is 0.498. The van der Waals surface area contributed by atoms with Crippen LogP contribution >= 0.6 is 0 Å². The van der Waals surface area contributed by atoms with Gasteiger partial charge in [0.05, 0.1) is 24.9 Å². The van der Waals surface area contributed by atoms with E-state index >= 15 is 0 Å². The smallest absolute Gasteiger partial charge is 0.268 e. The maximum atomic E-state index is 11.6. The van der Waals surface area contributed by atoms with Crippen molar-refractivity contribution < 1.29 is 13.9 Å². The molecule has 0 fully saturated rings. The zero-order valence-corrected chi connectivity index (χ0v) is 12.3. The number of amides is 1. The second-order valence-corrected chi connectivity index (χ2v) is 4.68. The van der Waals surface area contributed by atoms with E-state index in [0.717, 1.165) is 11.4 Å². The zero-order chi connectivity index (χ0) is 15.4. The first-order valence-electron chi connectivity index (χ1n) is 6.51. The molecule has 0 saturated heterocycles. The molecule has 2 aromatic rings. The largest absolute Gasteiger partial charge is 0.495 e. The highest BCUT2D eigenvalue weighted by Gasteiger charge is 2.16. The van der Waals surface area contributed by atoms with Crippen LogP contribution in [0.1, 0.15) is 21.9 Å². The Kier molecular flexibility index (Phi) is 4.49. The topological polar surface area (TPSA) is 80.7 Å². The number of benzene rings is 1. The van der Waals surface area contributed by atoms with Gasteiger partial charge in [-0.25, -0.2) is 5.84 Å². The minimum Gasteiger partial charge on any atom is -0.495 e. The van der Waals surface area contributed by atoms with Gasteiger partial charge in [-0.2, -0.15) is 0 Å². The average Bonchev–Trinajstić information content (AvgIpc) is 2.86. The fraction of sp³-hybridized carbons (Fsp3) is 0.267. The monoisotopic (exact) mass is 289 g/mol. The van der Waals surface area contributed by atoms with Gasteiger partial charge in [-0.05, 0) is 25.1 Å². The molecule has 0 saturated carbocycles. The number of para-hydroxylation sites is 2. The molecule has 0 radical (unpaired) electrons. The third-order valence-corrected chi connectivity index (χ3v) is 3.23. The van der Waals surface area contributed by atoms with Crippen LogP contribution in [0.2, 0.25) is 0 Å². The molecule has 1 amide bonds. The van der Waals surface area contributed by atoms with Crippen molar-refractivity contribution in [2.45, 2.75) is 13.5 Å². The van der Waals surface area contributed by atoms with E-state index in [2.05, 4.69) is 5.43 Å². The summed E-state index contributed by atoms with van der Waals surface area (Å²) in [5.74, 6) is 6.79. The van der Waals surface area contributed by atoms with Gasteiger partial charge in [-0.15, -0.1) is 0 Å². The number of carbonyl (C=O) groups excluding carboxylic acids is 1. The van der Waals surface area contributed by atoms with Crippen molar-refractivity contribution in [3.63, 3.8) is 0 Å². The van der Waals surface area contributed by atoms with E-state index in [9.17, 15) is 4.79 Å². The van der Waals surface area contributed by atoms with Gasteiger partial charge < -0.3 is 14.1 Å². The number of aryl methyl sites for hydroxylation is 1. The van der Waals surface area contributed by atoms with Crippen LogP contribution in [0, 0.1) is 6.92 Å². The maximum absolute atomic E-state index is 11.6. The minimum absolute atomic E-state index is 0.359. The van der Waals surface area contributed by atoms with Crippen LogP contribution in [0.3, 0.4) is 0 Å². The predicted octanol–water partition coefficient (Wildman–Crippen LogP) is 1.84. The van der Waals surface area contributed by atoms with Gasteiger partial charge in [-0.3, -0.25) is 10.2 Å². The van der Waals surface area contributed by atoms with E-state index in [4.69, 9.17) is 15.0 Å². The highest BCUT2D eigenvalue weighted by atomic mass is 16.5. The Balaban J connectivity index is 2.20. The minimum atomic E-state index is -0.359. The van der Waals surface area contributed by atoms with Crippen LogP contribution in [-0.4, -0.2) is 20.1 Å². The number of hydrazine groups is 1. The van der Waals surface area contributed by atoms with Crippen LogP contribution in [0.5, 0.6) is 5.75 Å². The number of carbonyl (C=O) groups is 1. The van der Waals surface area contributed by atoms with E-state index in [1.54, 1.807) is 20.1 Å². The number of nitrogen functional groups attached to an aromatic ring is 1. The van der Waals surface area contributed by atoms with Gasteiger partial charge >= 0.3 is 0 Å². The number of anilines is 1. The SMILES string of the molecule is COc1ccccc1N(C)Cc1cc(C(=O)NN)c(C)o1. The van der Waals surface area contributed by atoms with Crippen molar-refractivity contribution in [3.8, 4) is 5.75 Å². The lowest BCUT2D eigenvalue weighted by Crippen LogP contribution is -2.30. The second-order valence-electron chi connectivity index (χ2n) is 4.68. The lowest BCUT2D eigenvalue weighted by atomic mass is 10.2. The molecule has 1 aromatic heterocycles. The fourth-order valence-corrected chi connectivity index (χ4v) is 2.19. The predicted molar refractivity (Wildman–Crippen MR) is 80.2 cm³/mol. The van der Waals surface area contributed by atoms with Crippen LogP contribution < -0.4 is 20.9 Å². The first kappa shape index (κ1) is 14.9. The standard InChI is InChI=1S/C15H19N3O3/c1-10-12(15(19)17-16)8-11(21-10)9-18(2)13-6-4-5-7-14(13)20-3/h4-8H,9,16H2,1-3H3,(H,17,19). The summed E-state index contributed by atoms with van der Waals surface area (Å²) in [6, 6.07) is 9.41. The Labute approximate surface area is 123 Å². The number of nitrogens with one attached hydrogen (secondary N) is 1. The molecule has 0 atom stereocenters. The molecule has 1 heterocycles. The first-order valence-corrected chi connectivity index (χ1v) is 6.51. The van der Waals surface area contributed by atoms with Gasteiger partial charge in [0.1, 0.15) is 17.3 Å². The van der Waals surface area contributed by atoms with Crippen LogP contribution in [0.15, 0.2) is 34.7 Å². The summed E-state index contributed by atoms with van der Waals surface area (Å²) < 4.78 is 10.9. The molecule has 0 bridgehead atoms. The number of ether oxygens (including phenoxy) is 1. The summed E-state index contributed by atoms with van der Waals surface area (Å²) >= 11 is 0. The Morgan fingerprint density at radius 3 is 2.81 bits per heavy atom. The molecule has 0 aliphatic rings. The van der Waals surface area contributed by atoms with Crippen molar-refractivity contribution in [1.29, 1.82) is 0 Å². The van der Waals surface area contributed by atoms with Crippen molar-refractivity contribution in [2.24, 2.45) is 5.84 Å². The van der Waals surface area contributed by atoms with E-state index < -0.39 is 0 Å². The number of methoxy groups -OCH3 is 1. The van der Waals surface area contributed by atoms with Crippen molar-refractivity contribution >= 4 is 11.6 Å². The molecule has 0 aliphatic carbocycles. The number of nitrogens with two attached hydrogens (primary N) is 1. The average molecular weight is 289 g/mol. The molecule has 0 aliphatic heterocycles. The molecule has 21 heavy (non-hydrogen) atoms. The van der Waals surface area contributed by atoms with Gasteiger partial charge in [-0.1, -0.05) is 12.1 Å². The van der Waals surface area contributed by atoms with Crippen molar-refractivity contribution in [2.75, 3.05) is 19.1 Å². The molecule has 3 N–H and O–H groups in total. The number of hydrogen-bond acceptors (Lipinski definition) is 5. The summed E-state index contributed by atoms with van der Waals surface area (Å²) in [5, 5.41) is 0. The fourth-order valence-electron chi connectivity index (χ4n) is 2.19. The number of hydrogen-bond donors (Lipinski definition) is 2. The third kappa shape index (κ3) is 3.17. The van der Waals surface area contributed by atoms with Gasteiger partial charge in [0.25, 0.3) is 5.91 Å². The van der Waals surface area contributed by atoms with Crippen LogP contribution in [0.4, 0.5) is 5.69 Å². The molecule has 6 heteroatoms. The lowest BCUT2D eigenvalue weighted by molar-refractivity contribution is 0.0952. The highest BCUT2D eigenvalue weighted by molar-refractivity contribution is 5.94. The first-order chi connectivity index (χ1) is 10.1. The normalized spacial score (nSPS) is 10.3. The van der Waals surface area contributed by atoms with Crippen molar-refractivity contribution in [3.05, 3.63) is 47.4 Å². The summed E-state index contributed by atoms with van der Waals surface area (Å²) in [4.78, 5) is 13.6. The van der Waals surface area contributed by atoms with Gasteiger partial charge in [0.2, 0.25) is 0 Å². The van der Waals surface area contributed by atoms with E-state index in [1.807, 2.05) is 36.2 Å². The Morgan fingerprint density at radius 2 is 2.14 bits per heavy atom. The number of furan rings is 1. The number of rotatable bonds is 5. The Hall–Kier alpha value is -2.47. The summed E-state index contributed by atoms with van der Waals surface area (Å²) in [6.07, 6.45) is 0. The van der Waals surface area contributed by atoms with Crippen LogP contribution in [0.25, 0.3) is 0 Å². The third-order valence-electron chi connectivity index (χ3n) is 3.23. The maximum Gasteiger partial charge on any atom is 0.268 e. The molecule has 2 rings (SSSR count). The molecular weight excluding hydrogens is 270 g/mol. The summed E-state index contributed by atoms with van der Waals surface area (Å²) in [7, 11) is 3.56. The summed E-state index contributed by atoms with van der Waals surface area (Å²) in [6.45, 7) is 2.25. The van der Waals surface area contributed by atoms with E-state index in [1.165, 1.54) is 0 Å².